The van der Waals surface area contributed by atoms with E-state index < -0.39 is 0 Å². The number of halogens is 1. The molecular formula is C9H18ClN. The predicted molar refractivity (Wildman–Crippen MR) is 50.2 cm³/mol. The van der Waals surface area contributed by atoms with Gasteiger partial charge in [0.05, 0.1) is 0 Å². The molecule has 0 bridgehead atoms. The van der Waals surface area contributed by atoms with Gasteiger partial charge < -0.3 is 4.90 Å². The molecule has 0 aromatic carbocycles. The third-order valence-electron chi connectivity index (χ3n) is 2.48. The second-order valence-corrected chi connectivity index (χ2v) is 4.28. The maximum atomic E-state index is 5.99. The summed E-state index contributed by atoms with van der Waals surface area (Å²) >= 11 is 5.99. The molecule has 11 heavy (non-hydrogen) atoms. The standard InChI is InChI=1S/C9H18ClN/c1-3-8(2)6-11-5-4-9(10)7-11/h8-9H,3-7H2,1-2H3. The highest BCUT2D eigenvalue weighted by molar-refractivity contribution is 6.20. The molecule has 0 aromatic heterocycles. The molecule has 66 valence electrons. The highest BCUT2D eigenvalue weighted by Gasteiger charge is 2.20. The van der Waals surface area contributed by atoms with Gasteiger partial charge in [0.15, 0.2) is 0 Å². The topological polar surface area (TPSA) is 3.24 Å². The first-order valence-corrected chi connectivity index (χ1v) is 5.02. The SMILES string of the molecule is CCC(C)CN1CCC(Cl)C1. The zero-order valence-corrected chi connectivity index (χ0v) is 8.27. The van der Waals surface area contributed by atoms with Gasteiger partial charge in [0.2, 0.25) is 0 Å². The molecule has 1 nitrogen and oxygen atoms in total. The smallest absolute Gasteiger partial charge is 0.0475 e. The Hall–Kier alpha value is 0.250. The number of hydrogen-bond donors (Lipinski definition) is 0. The third kappa shape index (κ3) is 3.00. The van der Waals surface area contributed by atoms with E-state index in [-0.39, 0.29) is 0 Å². The minimum absolute atomic E-state index is 0.416. The largest absolute Gasteiger partial charge is 0.302 e. The van der Waals surface area contributed by atoms with Crippen molar-refractivity contribution >= 4 is 11.6 Å². The summed E-state index contributed by atoms with van der Waals surface area (Å²) < 4.78 is 0. The Bertz CT molecular complexity index is 116. The van der Waals surface area contributed by atoms with Crippen LogP contribution in [-0.4, -0.2) is 29.9 Å². The number of nitrogens with zero attached hydrogens (tertiary/aromatic N) is 1. The van der Waals surface area contributed by atoms with Crippen molar-refractivity contribution in [2.24, 2.45) is 5.92 Å². The molecule has 1 aliphatic heterocycles. The molecule has 2 unspecified atom stereocenters. The predicted octanol–water partition coefficient (Wildman–Crippen LogP) is 2.35. The van der Waals surface area contributed by atoms with Crippen molar-refractivity contribution in [1.82, 2.24) is 4.90 Å². The summed E-state index contributed by atoms with van der Waals surface area (Å²) in [5.74, 6) is 0.831. The molecule has 1 saturated heterocycles. The maximum Gasteiger partial charge on any atom is 0.0475 e. The van der Waals surface area contributed by atoms with Crippen LogP contribution in [0.4, 0.5) is 0 Å². The van der Waals surface area contributed by atoms with Crippen molar-refractivity contribution in [3.8, 4) is 0 Å². The normalized spacial score (nSPS) is 29.2. The second-order valence-electron chi connectivity index (χ2n) is 3.66. The van der Waals surface area contributed by atoms with Crippen molar-refractivity contribution < 1.29 is 0 Å². The van der Waals surface area contributed by atoms with Crippen LogP contribution in [0.5, 0.6) is 0 Å². The minimum Gasteiger partial charge on any atom is -0.302 e. The van der Waals surface area contributed by atoms with Crippen LogP contribution in [0.15, 0.2) is 0 Å². The van der Waals surface area contributed by atoms with E-state index in [9.17, 15) is 0 Å². The molecule has 1 heterocycles. The summed E-state index contributed by atoms with van der Waals surface area (Å²) in [6.45, 7) is 8.10. The lowest BCUT2D eigenvalue weighted by Crippen LogP contribution is -2.26. The van der Waals surface area contributed by atoms with Crippen molar-refractivity contribution in [2.75, 3.05) is 19.6 Å². The van der Waals surface area contributed by atoms with Gasteiger partial charge in [0.1, 0.15) is 0 Å². The highest BCUT2D eigenvalue weighted by Crippen LogP contribution is 2.16. The number of rotatable bonds is 3. The molecule has 0 spiro atoms. The van der Waals surface area contributed by atoms with Crippen LogP contribution in [0.25, 0.3) is 0 Å². The first kappa shape index (κ1) is 9.34. The number of likely N-dealkylation sites (tertiary alicyclic amines) is 1. The fourth-order valence-electron chi connectivity index (χ4n) is 1.52. The molecule has 2 heteroatoms. The van der Waals surface area contributed by atoms with E-state index in [2.05, 4.69) is 18.7 Å². The Labute approximate surface area is 74.7 Å². The van der Waals surface area contributed by atoms with Crippen molar-refractivity contribution in [3.63, 3.8) is 0 Å². The first-order chi connectivity index (χ1) is 5.22. The van der Waals surface area contributed by atoms with E-state index >= 15 is 0 Å². The van der Waals surface area contributed by atoms with Gasteiger partial charge in [-0.1, -0.05) is 20.3 Å². The van der Waals surface area contributed by atoms with E-state index in [0.717, 1.165) is 12.5 Å². The lowest BCUT2D eigenvalue weighted by atomic mass is 10.1. The summed E-state index contributed by atoms with van der Waals surface area (Å²) in [6, 6.07) is 0. The Morgan fingerprint density at radius 1 is 1.64 bits per heavy atom. The Balaban J connectivity index is 2.17. The van der Waals surface area contributed by atoms with Gasteiger partial charge in [-0.25, -0.2) is 0 Å². The zero-order chi connectivity index (χ0) is 8.27. The van der Waals surface area contributed by atoms with Crippen LogP contribution >= 0.6 is 11.6 Å². The molecule has 2 atom stereocenters. The van der Waals surface area contributed by atoms with Gasteiger partial charge >= 0.3 is 0 Å². The lowest BCUT2D eigenvalue weighted by Gasteiger charge is -2.18. The average molecular weight is 176 g/mol. The van der Waals surface area contributed by atoms with Crippen LogP contribution < -0.4 is 0 Å². The molecule has 0 saturated carbocycles. The quantitative estimate of drug-likeness (QED) is 0.596. The summed E-state index contributed by atoms with van der Waals surface area (Å²) in [5.41, 5.74) is 0. The fourth-order valence-corrected chi connectivity index (χ4v) is 1.81. The van der Waals surface area contributed by atoms with Gasteiger partial charge in [-0.2, -0.15) is 0 Å². The lowest BCUT2D eigenvalue weighted by molar-refractivity contribution is 0.285. The fraction of sp³-hybridized carbons (Fsp3) is 1.00. The van der Waals surface area contributed by atoms with Crippen molar-refractivity contribution in [2.45, 2.75) is 32.1 Å². The van der Waals surface area contributed by atoms with Crippen LogP contribution in [0.2, 0.25) is 0 Å². The maximum absolute atomic E-state index is 5.99. The van der Waals surface area contributed by atoms with Crippen molar-refractivity contribution in [3.05, 3.63) is 0 Å². The van der Waals surface area contributed by atoms with Gasteiger partial charge in [0.25, 0.3) is 0 Å². The molecule has 0 amide bonds. The third-order valence-corrected chi connectivity index (χ3v) is 2.84. The van der Waals surface area contributed by atoms with E-state index in [0.29, 0.717) is 5.38 Å². The van der Waals surface area contributed by atoms with Crippen LogP contribution in [0, 0.1) is 5.92 Å². The first-order valence-electron chi connectivity index (χ1n) is 4.58. The number of hydrogen-bond acceptors (Lipinski definition) is 1. The number of alkyl halides is 1. The molecule has 1 aliphatic rings. The molecular weight excluding hydrogens is 158 g/mol. The Kier molecular flexibility index (Phi) is 3.67. The van der Waals surface area contributed by atoms with E-state index in [4.69, 9.17) is 11.6 Å². The molecule has 0 aliphatic carbocycles. The van der Waals surface area contributed by atoms with E-state index in [1.807, 2.05) is 0 Å². The summed E-state index contributed by atoms with van der Waals surface area (Å²) in [4.78, 5) is 2.48. The van der Waals surface area contributed by atoms with Crippen LogP contribution in [-0.2, 0) is 0 Å². The van der Waals surface area contributed by atoms with Gasteiger partial charge in [-0.3, -0.25) is 0 Å². The van der Waals surface area contributed by atoms with E-state index in [1.54, 1.807) is 0 Å². The highest BCUT2D eigenvalue weighted by atomic mass is 35.5. The Morgan fingerprint density at radius 3 is 2.82 bits per heavy atom. The van der Waals surface area contributed by atoms with Crippen LogP contribution in [0.3, 0.4) is 0 Å². The molecule has 0 aromatic rings. The minimum atomic E-state index is 0.416. The zero-order valence-electron chi connectivity index (χ0n) is 7.52. The van der Waals surface area contributed by atoms with E-state index in [1.165, 1.54) is 25.9 Å². The van der Waals surface area contributed by atoms with Gasteiger partial charge in [0, 0.05) is 18.5 Å². The molecule has 0 radical (unpaired) electrons. The molecule has 0 N–H and O–H groups in total. The monoisotopic (exact) mass is 175 g/mol. The summed E-state index contributed by atoms with van der Waals surface area (Å²) in [6.07, 6.45) is 2.46. The molecule has 1 fully saturated rings. The second kappa shape index (κ2) is 4.32. The van der Waals surface area contributed by atoms with Gasteiger partial charge in [-0.05, 0) is 18.9 Å². The summed E-state index contributed by atoms with van der Waals surface area (Å²) in [7, 11) is 0. The average Bonchev–Trinajstić information content (AvgIpc) is 2.35. The van der Waals surface area contributed by atoms with Crippen LogP contribution in [0.1, 0.15) is 26.7 Å². The van der Waals surface area contributed by atoms with Crippen molar-refractivity contribution in [1.29, 1.82) is 0 Å². The van der Waals surface area contributed by atoms with Gasteiger partial charge in [-0.15, -0.1) is 11.6 Å². The summed E-state index contributed by atoms with van der Waals surface area (Å²) in [5, 5.41) is 0.416. The molecule has 1 rings (SSSR count). The Morgan fingerprint density at radius 2 is 2.36 bits per heavy atom.